The number of benzene rings is 1. The average Bonchev–Trinajstić information content (AvgIpc) is 2.99. The Labute approximate surface area is 158 Å². The quantitative estimate of drug-likeness (QED) is 0.547. The number of fused-ring (bicyclic) bond motifs is 1. The van der Waals surface area contributed by atoms with E-state index in [1.165, 1.54) is 10.4 Å². The van der Waals surface area contributed by atoms with Gasteiger partial charge in [-0.05, 0) is 74.0 Å². The lowest BCUT2D eigenvalue weighted by Gasteiger charge is -2.19. The SMILES string of the molecule is Cc1ccc(C)c(NC(=S)NNC(=O)c2csc3c2CC[C@@H](C)C3)c1. The molecule has 1 aliphatic carbocycles. The summed E-state index contributed by atoms with van der Waals surface area (Å²) in [7, 11) is 0. The first kappa shape index (κ1) is 17.9. The fourth-order valence-electron chi connectivity index (χ4n) is 3.07. The Morgan fingerprint density at radius 2 is 2.08 bits per heavy atom. The molecule has 1 aromatic heterocycles. The van der Waals surface area contributed by atoms with Gasteiger partial charge in [-0.1, -0.05) is 19.1 Å². The van der Waals surface area contributed by atoms with Crippen LogP contribution in [0.2, 0.25) is 0 Å². The maximum atomic E-state index is 12.5. The van der Waals surface area contributed by atoms with Gasteiger partial charge in [0.2, 0.25) is 0 Å². The molecule has 1 amide bonds. The van der Waals surface area contributed by atoms with E-state index in [0.29, 0.717) is 11.0 Å². The fourth-order valence-corrected chi connectivity index (χ4v) is 4.48. The molecular formula is C19H23N3OS2. The predicted molar refractivity (Wildman–Crippen MR) is 108 cm³/mol. The molecule has 0 aliphatic heterocycles. The maximum absolute atomic E-state index is 12.5. The highest BCUT2D eigenvalue weighted by Gasteiger charge is 2.23. The summed E-state index contributed by atoms with van der Waals surface area (Å²) < 4.78 is 0. The van der Waals surface area contributed by atoms with Crippen LogP contribution in [0, 0.1) is 19.8 Å². The lowest BCUT2D eigenvalue weighted by Crippen LogP contribution is -2.44. The minimum atomic E-state index is -0.128. The number of thiophene rings is 1. The first-order valence-corrected chi connectivity index (χ1v) is 9.76. The molecule has 1 aromatic carbocycles. The van der Waals surface area contributed by atoms with E-state index in [-0.39, 0.29) is 5.91 Å². The highest BCUT2D eigenvalue weighted by molar-refractivity contribution is 7.80. The van der Waals surface area contributed by atoms with Crippen LogP contribution in [0.25, 0.3) is 0 Å². The van der Waals surface area contributed by atoms with Crippen LogP contribution in [0.3, 0.4) is 0 Å². The van der Waals surface area contributed by atoms with E-state index in [1.54, 1.807) is 11.3 Å². The number of anilines is 1. The second-order valence-electron chi connectivity index (χ2n) is 6.75. The van der Waals surface area contributed by atoms with Crippen LogP contribution in [0.5, 0.6) is 0 Å². The van der Waals surface area contributed by atoms with Gasteiger partial charge in [-0.25, -0.2) is 0 Å². The molecule has 0 spiro atoms. The molecule has 0 saturated carbocycles. The van der Waals surface area contributed by atoms with Crippen molar-refractivity contribution in [3.63, 3.8) is 0 Å². The van der Waals surface area contributed by atoms with E-state index in [0.717, 1.165) is 41.6 Å². The van der Waals surface area contributed by atoms with Gasteiger partial charge in [0.15, 0.2) is 5.11 Å². The number of amides is 1. The van der Waals surface area contributed by atoms with Crippen molar-refractivity contribution in [2.24, 2.45) is 5.92 Å². The number of nitrogens with one attached hydrogen (secondary N) is 3. The van der Waals surface area contributed by atoms with E-state index in [2.05, 4.69) is 29.2 Å². The number of aryl methyl sites for hydroxylation is 2. The third-order valence-electron chi connectivity index (χ3n) is 4.58. The van der Waals surface area contributed by atoms with Crippen LogP contribution in [-0.4, -0.2) is 11.0 Å². The van der Waals surface area contributed by atoms with Crippen molar-refractivity contribution in [1.29, 1.82) is 0 Å². The fraction of sp³-hybridized carbons (Fsp3) is 0.368. The predicted octanol–water partition coefficient (Wildman–Crippen LogP) is 4.12. The average molecular weight is 374 g/mol. The van der Waals surface area contributed by atoms with Crippen LogP contribution in [-0.2, 0) is 12.8 Å². The zero-order chi connectivity index (χ0) is 18.0. The molecule has 2 aromatic rings. The standard InChI is InChI=1S/C19H23N3OS2/c1-11-4-6-13(3)16(8-11)20-19(24)22-21-18(23)15-10-25-17-9-12(2)5-7-14(15)17/h4,6,8,10,12H,5,7,9H2,1-3H3,(H,21,23)(H2,20,22,24)/t12-/m1/s1. The summed E-state index contributed by atoms with van der Waals surface area (Å²) in [6, 6.07) is 6.12. The summed E-state index contributed by atoms with van der Waals surface area (Å²) in [5.41, 5.74) is 10.7. The van der Waals surface area contributed by atoms with Crippen LogP contribution in [0.4, 0.5) is 5.69 Å². The van der Waals surface area contributed by atoms with Crippen molar-refractivity contribution in [3.05, 3.63) is 50.7 Å². The van der Waals surface area contributed by atoms with Crippen molar-refractivity contribution >= 4 is 40.3 Å². The minimum absolute atomic E-state index is 0.128. The Balaban J connectivity index is 1.59. The van der Waals surface area contributed by atoms with Gasteiger partial charge in [0.1, 0.15) is 0 Å². The van der Waals surface area contributed by atoms with Crippen LogP contribution in [0.15, 0.2) is 23.6 Å². The van der Waals surface area contributed by atoms with Crippen molar-refractivity contribution in [2.75, 3.05) is 5.32 Å². The number of hydrogen-bond donors (Lipinski definition) is 3. The third kappa shape index (κ3) is 4.19. The van der Waals surface area contributed by atoms with Crippen LogP contribution in [0.1, 0.15) is 45.3 Å². The highest BCUT2D eigenvalue weighted by atomic mass is 32.1. The molecule has 3 N–H and O–H groups in total. The van der Waals surface area contributed by atoms with Gasteiger partial charge in [-0.2, -0.15) is 0 Å². The molecule has 0 fully saturated rings. The number of hydrogen-bond acceptors (Lipinski definition) is 3. The molecular weight excluding hydrogens is 350 g/mol. The van der Waals surface area contributed by atoms with Gasteiger partial charge in [-0.3, -0.25) is 15.6 Å². The molecule has 6 heteroatoms. The van der Waals surface area contributed by atoms with Gasteiger partial charge in [-0.15, -0.1) is 11.3 Å². The van der Waals surface area contributed by atoms with Gasteiger partial charge in [0.25, 0.3) is 5.91 Å². The van der Waals surface area contributed by atoms with Gasteiger partial charge < -0.3 is 5.32 Å². The first-order valence-electron chi connectivity index (χ1n) is 8.48. The molecule has 3 rings (SSSR count). The Kier molecular flexibility index (Phi) is 5.39. The molecule has 0 bridgehead atoms. The van der Waals surface area contributed by atoms with E-state index >= 15 is 0 Å². The molecule has 1 atom stereocenters. The van der Waals surface area contributed by atoms with E-state index in [1.807, 2.05) is 31.4 Å². The van der Waals surface area contributed by atoms with Gasteiger partial charge in [0.05, 0.1) is 5.56 Å². The largest absolute Gasteiger partial charge is 0.331 e. The van der Waals surface area contributed by atoms with E-state index in [9.17, 15) is 4.79 Å². The van der Waals surface area contributed by atoms with E-state index in [4.69, 9.17) is 12.2 Å². The lowest BCUT2D eigenvalue weighted by molar-refractivity contribution is 0.0943. The van der Waals surface area contributed by atoms with E-state index < -0.39 is 0 Å². The first-order chi connectivity index (χ1) is 11.9. The summed E-state index contributed by atoms with van der Waals surface area (Å²) in [6.07, 6.45) is 3.20. The number of rotatable bonds is 2. The number of thiocarbonyl (C=S) groups is 1. The zero-order valence-corrected chi connectivity index (χ0v) is 16.4. The minimum Gasteiger partial charge on any atom is -0.331 e. The Hall–Kier alpha value is -1.92. The van der Waals surface area contributed by atoms with Gasteiger partial charge >= 0.3 is 0 Å². The third-order valence-corrected chi connectivity index (χ3v) is 5.83. The molecule has 1 heterocycles. The maximum Gasteiger partial charge on any atom is 0.270 e. The molecule has 25 heavy (non-hydrogen) atoms. The van der Waals surface area contributed by atoms with Crippen molar-refractivity contribution in [1.82, 2.24) is 10.9 Å². The summed E-state index contributed by atoms with van der Waals surface area (Å²) in [4.78, 5) is 13.8. The van der Waals surface area contributed by atoms with Crippen molar-refractivity contribution in [3.8, 4) is 0 Å². The highest BCUT2D eigenvalue weighted by Crippen LogP contribution is 2.32. The topological polar surface area (TPSA) is 53.2 Å². The second kappa shape index (κ2) is 7.54. The Morgan fingerprint density at radius 1 is 1.28 bits per heavy atom. The lowest BCUT2D eigenvalue weighted by atomic mass is 9.88. The molecule has 4 nitrogen and oxygen atoms in total. The summed E-state index contributed by atoms with van der Waals surface area (Å²) in [5, 5.41) is 5.46. The van der Waals surface area contributed by atoms with Crippen LogP contribution >= 0.6 is 23.6 Å². The van der Waals surface area contributed by atoms with Crippen LogP contribution < -0.4 is 16.2 Å². The van der Waals surface area contributed by atoms with Crippen molar-refractivity contribution in [2.45, 2.75) is 40.0 Å². The second-order valence-corrected chi connectivity index (χ2v) is 8.12. The Morgan fingerprint density at radius 3 is 2.88 bits per heavy atom. The molecule has 0 saturated heterocycles. The number of carbonyl (C=O) groups excluding carboxylic acids is 1. The summed E-state index contributed by atoms with van der Waals surface area (Å²) in [6.45, 7) is 6.31. The summed E-state index contributed by atoms with van der Waals surface area (Å²) in [5.74, 6) is 0.576. The molecule has 132 valence electrons. The molecule has 0 radical (unpaired) electrons. The smallest absolute Gasteiger partial charge is 0.270 e. The number of carbonyl (C=O) groups is 1. The molecule has 1 aliphatic rings. The molecule has 0 unspecified atom stereocenters. The number of hydrazine groups is 1. The Bertz CT molecular complexity index is 813. The van der Waals surface area contributed by atoms with Crippen molar-refractivity contribution < 1.29 is 4.79 Å². The summed E-state index contributed by atoms with van der Waals surface area (Å²) >= 11 is 6.98. The zero-order valence-electron chi connectivity index (χ0n) is 14.7. The monoisotopic (exact) mass is 373 g/mol. The normalized spacial score (nSPS) is 16.0. The van der Waals surface area contributed by atoms with Gasteiger partial charge in [0, 0.05) is 15.9 Å².